The monoisotopic (exact) mass is 301 g/mol. The van der Waals surface area contributed by atoms with Gasteiger partial charge in [-0.15, -0.1) is 11.8 Å². The van der Waals surface area contributed by atoms with E-state index in [1.54, 1.807) is 23.7 Å². The fraction of sp³-hybridized carbons (Fsp3) is 0.235. The second-order valence-electron chi connectivity index (χ2n) is 4.62. The molecule has 4 heteroatoms. The molecule has 0 N–H and O–H groups in total. The zero-order valence-corrected chi connectivity index (χ0v) is 13.1. The molecule has 0 saturated carbocycles. The maximum Gasteiger partial charge on any atom is 0.253 e. The number of nitrogens with zero attached hydrogens (tertiary/aromatic N) is 1. The Labute approximate surface area is 129 Å². The Morgan fingerprint density at radius 3 is 2.38 bits per heavy atom. The summed E-state index contributed by atoms with van der Waals surface area (Å²) in [6, 6.07) is 17.3. The van der Waals surface area contributed by atoms with Crippen molar-refractivity contribution in [1.29, 1.82) is 0 Å². The van der Waals surface area contributed by atoms with Crippen molar-refractivity contribution in [2.45, 2.75) is 4.90 Å². The average Bonchev–Trinajstić information content (AvgIpc) is 2.55. The van der Waals surface area contributed by atoms with Crippen LogP contribution in [0, 0.1) is 0 Å². The minimum Gasteiger partial charge on any atom is -0.492 e. The van der Waals surface area contributed by atoms with Gasteiger partial charge in [-0.1, -0.05) is 18.2 Å². The first-order chi connectivity index (χ1) is 10.2. The quantitative estimate of drug-likeness (QED) is 0.764. The van der Waals surface area contributed by atoms with Gasteiger partial charge in [0, 0.05) is 17.5 Å². The molecule has 0 aromatic heterocycles. The second-order valence-corrected chi connectivity index (χ2v) is 5.50. The summed E-state index contributed by atoms with van der Waals surface area (Å²) in [5.41, 5.74) is 0.704. The molecule has 0 aliphatic rings. The lowest BCUT2D eigenvalue weighted by molar-refractivity contribution is 0.0773. The molecule has 0 saturated heterocycles. The van der Waals surface area contributed by atoms with Crippen LogP contribution in [-0.4, -0.2) is 37.3 Å². The third-order valence-corrected chi connectivity index (χ3v) is 3.87. The molecule has 0 fully saturated rings. The van der Waals surface area contributed by atoms with Crippen LogP contribution in [0.25, 0.3) is 0 Å². The van der Waals surface area contributed by atoms with Crippen LogP contribution in [0.1, 0.15) is 10.4 Å². The second kappa shape index (κ2) is 7.74. The number of thioether (sulfide) groups is 1. The molecule has 3 nitrogen and oxygen atoms in total. The number of carbonyl (C=O) groups excluding carboxylic acids is 1. The van der Waals surface area contributed by atoms with Gasteiger partial charge in [-0.2, -0.15) is 0 Å². The molecule has 2 aromatic carbocycles. The Morgan fingerprint density at radius 2 is 1.76 bits per heavy atom. The molecular weight excluding hydrogens is 282 g/mol. The number of amides is 1. The molecule has 0 aliphatic carbocycles. The summed E-state index contributed by atoms with van der Waals surface area (Å²) in [6.07, 6.45) is 2.02. The van der Waals surface area contributed by atoms with E-state index in [9.17, 15) is 4.79 Å². The summed E-state index contributed by atoms with van der Waals surface area (Å²) < 4.78 is 5.60. The van der Waals surface area contributed by atoms with Crippen molar-refractivity contribution in [2.24, 2.45) is 0 Å². The highest BCUT2D eigenvalue weighted by Crippen LogP contribution is 2.15. The summed E-state index contributed by atoms with van der Waals surface area (Å²) >= 11 is 1.66. The van der Waals surface area contributed by atoms with E-state index in [1.807, 2.05) is 60.9 Å². The fourth-order valence-corrected chi connectivity index (χ4v) is 2.28. The Morgan fingerprint density at radius 1 is 1.10 bits per heavy atom. The van der Waals surface area contributed by atoms with E-state index in [1.165, 1.54) is 0 Å². The molecule has 0 spiro atoms. The van der Waals surface area contributed by atoms with E-state index in [0.717, 1.165) is 10.6 Å². The molecule has 0 unspecified atom stereocenters. The molecule has 0 bridgehead atoms. The SMILES string of the molecule is CSc1ccc(C(=O)N(C)CCOc2ccccc2)cc1. The Kier molecular flexibility index (Phi) is 5.69. The molecule has 2 rings (SSSR count). The lowest BCUT2D eigenvalue weighted by Crippen LogP contribution is -2.30. The number of benzene rings is 2. The molecule has 110 valence electrons. The largest absolute Gasteiger partial charge is 0.492 e. The minimum atomic E-state index is 0.0133. The van der Waals surface area contributed by atoms with Crippen LogP contribution < -0.4 is 4.74 Å². The predicted octanol–water partition coefficient (Wildman–Crippen LogP) is 3.56. The average molecular weight is 301 g/mol. The Bertz CT molecular complexity index is 569. The normalized spacial score (nSPS) is 10.2. The first-order valence-corrected chi connectivity index (χ1v) is 8.00. The van der Waals surface area contributed by atoms with Crippen LogP contribution in [0.5, 0.6) is 5.75 Å². The Balaban J connectivity index is 1.84. The van der Waals surface area contributed by atoms with Crippen LogP contribution in [0.15, 0.2) is 59.5 Å². The van der Waals surface area contributed by atoms with Gasteiger partial charge in [-0.3, -0.25) is 4.79 Å². The van der Waals surface area contributed by atoms with Crippen LogP contribution in [-0.2, 0) is 0 Å². The van der Waals surface area contributed by atoms with Crippen LogP contribution >= 0.6 is 11.8 Å². The molecule has 2 aromatic rings. The van der Waals surface area contributed by atoms with Crippen molar-refractivity contribution in [3.05, 3.63) is 60.2 Å². The third-order valence-electron chi connectivity index (χ3n) is 3.12. The molecule has 0 radical (unpaired) electrons. The number of carbonyl (C=O) groups is 1. The molecular formula is C17H19NO2S. The molecule has 0 aliphatic heterocycles. The lowest BCUT2D eigenvalue weighted by atomic mass is 10.2. The van der Waals surface area contributed by atoms with Crippen molar-refractivity contribution in [3.8, 4) is 5.75 Å². The van der Waals surface area contributed by atoms with Crippen molar-refractivity contribution in [1.82, 2.24) is 4.90 Å². The van der Waals surface area contributed by atoms with E-state index in [4.69, 9.17) is 4.74 Å². The topological polar surface area (TPSA) is 29.5 Å². The Hall–Kier alpha value is -1.94. The number of para-hydroxylation sites is 1. The van der Waals surface area contributed by atoms with Crippen LogP contribution in [0.3, 0.4) is 0 Å². The lowest BCUT2D eigenvalue weighted by Gasteiger charge is -2.17. The van der Waals surface area contributed by atoms with Crippen molar-refractivity contribution in [2.75, 3.05) is 26.5 Å². The van der Waals surface area contributed by atoms with Gasteiger partial charge < -0.3 is 9.64 Å². The van der Waals surface area contributed by atoms with Crippen molar-refractivity contribution >= 4 is 17.7 Å². The number of rotatable bonds is 6. The maximum absolute atomic E-state index is 12.3. The van der Waals surface area contributed by atoms with Gasteiger partial charge >= 0.3 is 0 Å². The number of ether oxygens (including phenoxy) is 1. The van der Waals surface area contributed by atoms with Gasteiger partial charge in [-0.25, -0.2) is 0 Å². The highest BCUT2D eigenvalue weighted by molar-refractivity contribution is 7.98. The fourth-order valence-electron chi connectivity index (χ4n) is 1.87. The summed E-state index contributed by atoms with van der Waals surface area (Å²) in [7, 11) is 1.79. The van der Waals surface area contributed by atoms with Gasteiger partial charge in [-0.05, 0) is 42.7 Å². The first kappa shape index (κ1) is 15.4. The standard InChI is InChI=1S/C17H19NO2S/c1-18(12-13-20-15-6-4-3-5-7-15)17(19)14-8-10-16(21-2)11-9-14/h3-11H,12-13H2,1-2H3. The summed E-state index contributed by atoms with van der Waals surface area (Å²) in [4.78, 5) is 15.1. The van der Waals surface area contributed by atoms with Crippen molar-refractivity contribution in [3.63, 3.8) is 0 Å². The minimum absolute atomic E-state index is 0.0133. The van der Waals surface area contributed by atoms with E-state index in [-0.39, 0.29) is 5.91 Å². The predicted molar refractivity (Wildman–Crippen MR) is 87.1 cm³/mol. The van der Waals surface area contributed by atoms with Crippen LogP contribution in [0.2, 0.25) is 0 Å². The zero-order chi connectivity index (χ0) is 15.1. The smallest absolute Gasteiger partial charge is 0.253 e. The van der Waals surface area contributed by atoms with E-state index in [0.29, 0.717) is 18.7 Å². The number of likely N-dealkylation sites (N-methyl/N-ethyl adjacent to an activating group) is 1. The summed E-state index contributed by atoms with van der Waals surface area (Å²) in [5, 5.41) is 0. The van der Waals surface area contributed by atoms with Gasteiger partial charge in [0.2, 0.25) is 0 Å². The highest BCUT2D eigenvalue weighted by atomic mass is 32.2. The summed E-state index contributed by atoms with van der Waals surface area (Å²) in [6.45, 7) is 1.03. The molecule has 0 heterocycles. The maximum atomic E-state index is 12.3. The number of hydrogen-bond donors (Lipinski definition) is 0. The highest BCUT2D eigenvalue weighted by Gasteiger charge is 2.11. The van der Waals surface area contributed by atoms with Gasteiger partial charge in [0.05, 0.1) is 6.54 Å². The third kappa shape index (κ3) is 4.53. The molecule has 0 atom stereocenters. The zero-order valence-electron chi connectivity index (χ0n) is 12.3. The van der Waals surface area contributed by atoms with Gasteiger partial charge in [0.25, 0.3) is 5.91 Å². The van der Waals surface area contributed by atoms with Crippen LogP contribution in [0.4, 0.5) is 0 Å². The summed E-state index contributed by atoms with van der Waals surface area (Å²) in [5.74, 6) is 0.835. The van der Waals surface area contributed by atoms with E-state index >= 15 is 0 Å². The van der Waals surface area contributed by atoms with E-state index in [2.05, 4.69) is 0 Å². The van der Waals surface area contributed by atoms with Crippen molar-refractivity contribution < 1.29 is 9.53 Å². The number of hydrogen-bond acceptors (Lipinski definition) is 3. The van der Waals surface area contributed by atoms with Gasteiger partial charge in [0.1, 0.15) is 12.4 Å². The molecule has 21 heavy (non-hydrogen) atoms. The van der Waals surface area contributed by atoms with E-state index < -0.39 is 0 Å². The van der Waals surface area contributed by atoms with Gasteiger partial charge in [0.15, 0.2) is 0 Å². The molecule has 1 amide bonds. The first-order valence-electron chi connectivity index (χ1n) is 6.78.